The van der Waals surface area contributed by atoms with Gasteiger partial charge in [-0.1, -0.05) is 11.6 Å². The van der Waals surface area contributed by atoms with Crippen molar-refractivity contribution in [2.45, 2.75) is 5.51 Å². The van der Waals surface area contributed by atoms with Gasteiger partial charge in [0.25, 0.3) is 0 Å². The molecule has 108 valence electrons. The van der Waals surface area contributed by atoms with Crippen LogP contribution in [0.25, 0.3) is 10.8 Å². The van der Waals surface area contributed by atoms with E-state index in [0.717, 1.165) is 18.3 Å². The Hall–Kier alpha value is -1.61. The molecule has 0 aliphatic carbocycles. The van der Waals surface area contributed by atoms with E-state index in [0.29, 0.717) is 5.39 Å². The van der Waals surface area contributed by atoms with Crippen molar-refractivity contribution in [1.82, 2.24) is 4.98 Å². The maximum Gasteiger partial charge on any atom is 0.534 e. The Morgan fingerprint density at radius 1 is 1.15 bits per heavy atom. The molecule has 1 aromatic carbocycles. The van der Waals surface area contributed by atoms with Gasteiger partial charge in [-0.25, -0.2) is 9.37 Å². The van der Waals surface area contributed by atoms with Gasteiger partial charge in [-0.15, -0.1) is 0 Å². The zero-order valence-electron chi connectivity index (χ0n) is 9.28. The van der Waals surface area contributed by atoms with Crippen LogP contribution in [-0.4, -0.2) is 18.9 Å². The van der Waals surface area contributed by atoms with E-state index in [1.807, 2.05) is 0 Å². The summed E-state index contributed by atoms with van der Waals surface area (Å²) in [6.45, 7) is 0. The second kappa shape index (κ2) is 4.74. The van der Waals surface area contributed by atoms with Crippen molar-refractivity contribution in [2.75, 3.05) is 0 Å². The first kappa shape index (κ1) is 14.8. The average Bonchev–Trinajstić information content (AvgIpc) is 2.29. The van der Waals surface area contributed by atoms with Crippen LogP contribution in [-0.2, 0) is 10.1 Å². The summed E-state index contributed by atoms with van der Waals surface area (Å²) in [5.74, 6) is -1.63. The fourth-order valence-electron chi connectivity index (χ4n) is 1.32. The first-order valence-corrected chi connectivity index (χ1v) is 6.64. The summed E-state index contributed by atoms with van der Waals surface area (Å²) in [6, 6.07) is 2.98. The third-order valence-corrected chi connectivity index (χ3v) is 3.46. The lowest BCUT2D eigenvalue weighted by Gasteiger charge is -2.09. The van der Waals surface area contributed by atoms with Crippen LogP contribution in [0.2, 0.25) is 5.02 Å². The van der Waals surface area contributed by atoms with Gasteiger partial charge in [0.15, 0.2) is 0 Å². The molecule has 0 unspecified atom stereocenters. The monoisotopic (exact) mass is 329 g/mol. The zero-order chi connectivity index (χ0) is 15.1. The standard InChI is InChI=1S/C10H4ClF4NO3S/c11-7-1-6-4-16-9(3-5(6)2-8(7)12)19-20(17,18)10(13,14)15/h1-4H. The lowest BCUT2D eigenvalue weighted by Crippen LogP contribution is -2.28. The van der Waals surface area contributed by atoms with Crippen molar-refractivity contribution in [3.63, 3.8) is 0 Å². The number of halogens is 5. The van der Waals surface area contributed by atoms with E-state index in [2.05, 4.69) is 9.17 Å². The molecule has 0 saturated carbocycles. The molecular formula is C10H4ClF4NO3S. The van der Waals surface area contributed by atoms with Gasteiger partial charge in [0, 0.05) is 17.6 Å². The Kier molecular flexibility index (Phi) is 3.51. The van der Waals surface area contributed by atoms with E-state index >= 15 is 0 Å². The minimum atomic E-state index is -5.82. The van der Waals surface area contributed by atoms with Gasteiger partial charge in [-0.2, -0.15) is 21.6 Å². The van der Waals surface area contributed by atoms with E-state index in [4.69, 9.17) is 11.6 Å². The lowest BCUT2D eigenvalue weighted by molar-refractivity contribution is -0.0501. The molecular weight excluding hydrogens is 326 g/mol. The summed E-state index contributed by atoms with van der Waals surface area (Å²) in [4.78, 5) is 3.39. The molecule has 0 aliphatic rings. The van der Waals surface area contributed by atoms with Crippen molar-refractivity contribution in [1.29, 1.82) is 0 Å². The van der Waals surface area contributed by atoms with Crippen LogP contribution < -0.4 is 4.18 Å². The number of alkyl halides is 3. The molecule has 0 saturated heterocycles. The molecule has 0 fully saturated rings. The van der Waals surface area contributed by atoms with Crippen LogP contribution in [0, 0.1) is 5.82 Å². The van der Waals surface area contributed by atoms with E-state index in [-0.39, 0.29) is 10.4 Å². The van der Waals surface area contributed by atoms with Crippen LogP contribution in [0.3, 0.4) is 0 Å². The number of hydrogen-bond donors (Lipinski definition) is 0. The van der Waals surface area contributed by atoms with Crippen molar-refractivity contribution >= 4 is 32.5 Å². The highest BCUT2D eigenvalue weighted by Gasteiger charge is 2.48. The van der Waals surface area contributed by atoms with E-state index in [1.165, 1.54) is 6.07 Å². The van der Waals surface area contributed by atoms with E-state index < -0.39 is 27.3 Å². The van der Waals surface area contributed by atoms with Crippen LogP contribution in [0.5, 0.6) is 5.88 Å². The number of nitrogens with zero attached hydrogens (tertiary/aromatic N) is 1. The molecule has 2 aromatic rings. The highest BCUT2D eigenvalue weighted by atomic mass is 35.5. The summed E-state index contributed by atoms with van der Waals surface area (Å²) in [6.07, 6.45) is 1.02. The third-order valence-electron chi connectivity index (χ3n) is 2.21. The van der Waals surface area contributed by atoms with Crippen LogP contribution in [0.15, 0.2) is 24.4 Å². The molecule has 4 nitrogen and oxygen atoms in total. The van der Waals surface area contributed by atoms with Crippen molar-refractivity contribution < 1.29 is 30.2 Å². The molecule has 1 heterocycles. The normalized spacial score (nSPS) is 12.7. The van der Waals surface area contributed by atoms with Gasteiger partial charge < -0.3 is 4.18 Å². The molecule has 0 bridgehead atoms. The maximum absolute atomic E-state index is 13.2. The lowest BCUT2D eigenvalue weighted by atomic mass is 10.2. The molecule has 0 aliphatic heterocycles. The fourth-order valence-corrected chi connectivity index (χ4v) is 1.91. The molecule has 1 aromatic heterocycles. The predicted octanol–water partition coefficient (Wildman–Crippen LogP) is 3.26. The van der Waals surface area contributed by atoms with Gasteiger partial charge in [-0.05, 0) is 17.5 Å². The quantitative estimate of drug-likeness (QED) is 0.482. The first-order valence-electron chi connectivity index (χ1n) is 4.86. The smallest absolute Gasteiger partial charge is 0.355 e. The van der Waals surface area contributed by atoms with Crippen molar-refractivity contribution in [3.05, 3.63) is 35.2 Å². The molecule has 2 rings (SSSR count). The van der Waals surface area contributed by atoms with Crippen LogP contribution in [0.4, 0.5) is 17.6 Å². The summed E-state index contributed by atoms with van der Waals surface area (Å²) < 4.78 is 75.0. The maximum atomic E-state index is 13.2. The number of aromatic nitrogens is 1. The van der Waals surface area contributed by atoms with Gasteiger partial charge in [0.05, 0.1) is 5.02 Å². The Bertz CT molecular complexity index is 776. The summed E-state index contributed by atoms with van der Waals surface area (Å²) in [5, 5.41) is 0.207. The fraction of sp³-hybridized carbons (Fsp3) is 0.100. The Balaban J connectivity index is 2.45. The molecule has 0 N–H and O–H groups in total. The highest BCUT2D eigenvalue weighted by molar-refractivity contribution is 7.87. The topological polar surface area (TPSA) is 56.3 Å². The molecule has 0 amide bonds. The molecule has 10 heteroatoms. The summed E-state index contributed by atoms with van der Waals surface area (Å²) in [5.41, 5.74) is -5.57. The molecule has 20 heavy (non-hydrogen) atoms. The van der Waals surface area contributed by atoms with Gasteiger partial charge in [-0.3, -0.25) is 0 Å². The Labute approximate surface area is 115 Å². The summed E-state index contributed by atoms with van der Waals surface area (Å²) in [7, 11) is -5.82. The third kappa shape index (κ3) is 2.78. The Morgan fingerprint density at radius 2 is 1.80 bits per heavy atom. The first-order chi connectivity index (χ1) is 9.10. The van der Waals surface area contributed by atoms with Crippen molar-refractivity contribution in [3.8, 4) is 5.88 Å². The average molecular weight is 330 g/mol. The number of pyridine rings is 1. The van der Waals surface area contributed by atoms with E-state index in [9.17, 15) is 26.0 Å². The molecule has 0 radical (unpaired) electrons. The van der Waals surface area contributed by atoms with Crippen LogP contribution in [0.1, 0.15) is 0 Å². The number of rotatable bonds is 2. The second-order valence-corrected chi connectivity index (χ2v) is 5.56. The predicted molar refractivity (Wildman–Crippen MR) is 62.3 cm³/mol. The van der Waals surface area contributed by atoms with Crippen LogP contribution >= 0.6 is 11.6 Å². The molecule has 0 spiro atoms. The van der Waals surface area contributed by atoms with Gasteiger partial charge in [0.2, 0.25) is 5.88 Å². The number of benzene rings is 1. The number of hydrogen-bond acceptors (Lipinski definition) is 4. The molecule has 0 atom stereocenters. The zero-order valence-corrected chi connectivity index (χ0v) is 10.9. The van der Waals surface area contributed by atoms with Crippen molar-refractivity contribution in [2.24, 2.45) is 0 Å². The minimum absolute atomic E-state index is 0.0919. The number of fused-ring (bicyclic) bond motifs is 1. The van der Waals surface area contributed by atoms with Gasteiger partial charge >= 0.3 is 15.6 Å². The Morgan fingerprint density at radius 3 is 2.40 bits per heavy atom. The van der Waals surface area contributed by atoms with Gasteiger partial charge in [0.1, 0.15) is 5.82 Å². The van der Waals surface area contributed by atoms with E-state index in [1.54, 1.807) is 0 Å². The summed E-state index contributed by atoms with van der Waals surface area (Å²) >= 11 is 5.52. The SMILES string of the molecule is O=S(=O)(Oc1cc2cc(F)c(Cl)cc2cn1)C(F)(F)F. The minimum Gasteiger partial charge on any atom is -0.355 e. The largest absolute Gasteiger partial charge is 0.534 e. The highest BCUT2D eigenvalue weighted by Crippen LogP contribution is 2.28. The second-order valence-electron chi connectivity index (χ2n) is 3.62.